The smallest absolute Gasteiger partial charge is 0.333 e. The zero-order valence-corrected chi connectivity index (χ0v) is 31.4. The van der Waals surface area contributed by atoms with Crippen molar-refractivity contribution in [3.05, 3.63) is 72.5 Å². The Labute approximate surface area is 283 Å². The van der Waals surface area contributed by atoms with Gasteiger partial charge in [-0.05, 0) is 80.6 Å². The van der Waals surface area contributed by atoms with Gasteiger partial charge in [0.25, 0.3) is 0 Å². The molecule has 2 aromatic carbocycles. The molecule has 0 saturated carbocycles. The van der Waals surface area contributed by atoms with Crippen LogP contribution in [0.3, 0.4) is 0 Å². The van der Waals surface area contributed by atoms with E-state index in [0.29, 0.717) is 38.2 Å². The lowest BCUT2D eigenvalue weighted by atomic mass is 9.76. The second kappa shape index (κ2) is 16.7. The van der Waals surface area contributed by atoms with Crippen molar-refractivity contribution in [2.24, 2.45) is 0 Å². The molecule has 8 nitrogen and oxygen atoms in total. The number of ether oxygens (including phenoxy) is 6. The van der Waals surface area contributed by atoms with Crippen molar-refractivity contribution in [3.63, 3.8) is 0 Å². The first-order chi connectivity index (χ1) is 22.1. The Morgan fingerprint density at radius 1 is 1.13 bits per heavy atom. The van der Waals surface area contributed by atoms with Crippen LogP contribution in [0.5, 0.6) is 0 Å². The molecule has 2 aromatic rings. The monoisotopic (exact) mass is 670 g/mol. The molecule has 0 spiro atoms. The lowest BCUT2D eigenvalue weighted by Gasteiger charge is -2.54. The standard InChI is InChI=1S/C38H58O8Si/c1-12-16-33(42-26-29-20-21-30-17-13-14-18-31(30)24-29)38(7)34(43-27-40-8)25-37(6,45-28(2)23-35(39)41-9)32(46-38)19-15-22-44-47(10,11)36(3,4)5/h12-14,17-18,20-21,23-24,32-34H,1,15-16,19,22,25-27H2,2-11H3/b28-23+/t32-,33+,34-,37+,38+/m1/s1. The fourth-order valence-corrected chi connectivity index (χ4v) is 7.01. The average Bonchev–Trinajstić information content (AvgIpc) is 3.01. The Hall–Kier alpha value is -2.53. The van der Waals surface area contributed by atoms with E-state index in [1.165, 1.54) is 24.0 Å². The number of hydrogen-bond donors (Lipinski definition) is 0. The number of allylic oxidation sites excluding steroid dienone is 1. The molecule has 0 aliphatic carbocycles. The Kier molecular flexibility index (Phi) is 13.8. The predicted molar refractivity (Wildman–Crippen MR) is 190 cm³/mol. The second-order valence-electron chi connectivity index (χ2n) is 14.5. The molecule has 0 bridgehead atoms. The maximum Gasteiger partial charge on any atom is 0.333 e. The summed E-state index contributed by atoms with van der Waals surface area (Å²) in [7, 11) is 1.03. The van der Waals surface area contributed by atoms with Crippen LogP contribution >= 0.6 is 0 Å². The Morgan fingerprint density at radius 3 is 2.47 bits per heavy atom. The van der Waals surface area contributed by atoms with Crippen molar-refractivity contribution in [2.75, 3.05) is 27.6 Å². The lowest BCUT2D eigenvalue weighted by Crippen LogP contribution is -2.65. The summed E-state index contributed by atoms with van der Waals surface area (Å²) in [4.78, 5) is 12.1. The van der Waals surface area contributed by atoms with E-state index in [-0.39, 0.29) is 24.0 Å². The molecule has 9 heteroatoms. The number of esters is 1. The molecule has 0 aromatic heterocycles. The molecule has 1 aliphatic heterocycles. The maximum absolute atomic E-state index is 12.1. The summed E-state index contributed by atoms with van der Waals surface area (Å²) < 4.78 is 43.5. The fourth-order valence-electron chi connectivity index (χ4n) is 5.92. The van der Waals surface area contributed by atoms with E-state index in [4.69, 9.17) is 32.8 Å². The van der Waals surface area contributed by atoms with Crippen LogP contribution in [0.1, 0.15) is 72.8 Å². The van der Waals surface area contributed by atoms with Crippen molar-refractivity contribution in [1.82, 2.24) is 0 Å². The van der Waals surface area contributed by atoms with E-state index < -0.39 is 31.6 Å². The summed E-state index contributed by atoms with van der Waals surface area (Å²) in [5, 5.41) is 2.47. The first-order valence-corrected chi connectivity index (χ1v) is 19.6. The van der Waals surface area contributed by atoms with Gasteiger partial charge in [-0.3, -0.25) is 0 Å². The van der Waals surface area contributed by atoms with Crippen LogP contribution in [-0.2, 0) is 44.2 Å². The van der Waals surface area contributed by atoms with E-state index in [9.17, 15) is 4.79 Å². The topological polar surface area (TPSA) is 81.7 Å². The SMILES string of the molecule is C=CC[C@H](OCc1ccc2ccccc2c1)[C@]1(C)O[C@H](CCCO[Si](C)(C)C(C)(C)C)[C@@](C)(O/C(C)=C/C(=O)OC)C[C@H]1OCOC. The van der Waals surface area contributed by atoms with Crippen LogP contribution in [-0.4, -0.2) is 71.4 Å². The first-order valence-electron chi connectivity index (χ1n) is 16.7. The molecular formula is C38H58O8Si. The highest BCUT2D eigenvalue weighted by atomic mass is 28.4. The number of rotatable bonds is 17. The summed E-state index contributed by atoms with van der Waals surface area (Å²) in [6, 6.07) is 14.7. The van der Waals surface area contributed by atoms with Gasteiger partial charge < -0.3 is 32.8 Å². The van der Waals surface area contributed by atoms with E-state index in [1.807, 2.05) is 25.1 Å². The van der Waals surface area contributed by atoms with Crippen molar-refractivity contribution < 1.29 is 37.6 Å². The Bertz CT molecular complexity index is 1350. The number of fused-ring (bicyclic) bond motifs is 1. The summed E-state index contributed by atoms with van der Waals surface area (Å²) in [5.74, 6) is -0.0397. The number of carbonyl (C=O) groups is 1. The second-order valence-corrected chi connectivity index (χ2v) is 19.3. The van der Waals surface area contributed by atoms with Crippen molar-refractivity contribution >= 4 is 25.1 Å². The molecule has 0 N–H and O–H groups in total. The zero-order valence-electron chi connectivity index (χ0n) is 30.4. The van der Waals surface area contributed by atoms with Crippen LogP contribution in [0.15, 0.2) is 67.0 Å². The number of methoxy groups -OCH3 is 2. The molecule has 1 saturated heterocycles. The summed E-state index contributed by atoms with van der Waals surface area (Å²) in [6.07, 6.45) is 4.49. The summed E-state index contributed by atoms with van der Waals surface area (Å²) >= 11 is 0. The number of carbonyl (C=O) groups excluding carboxylic acids is 1. The van der Waals surface area contributed by atoms with Gasteiger partial charge >= 0.3 is 5.97 Å². The third kappa shape index (κ3) is 10.2. The van der Waals surface area contributed by atoms with Gasteiger partial charge in [0, 0.05) is 20.1 Å². The Balaban J connectivity index is 1.93. The first kappa shape index (κ1) is 38.9. The third-order valence-electron chi connectivity index (χ3n) is 9.78. The minimum atomic E-state index is -1.92. The highest BCUT2D eigenvalue weighted by Gasteiger charge is 2.57. The molecule has 1 fully saturated rings. The van der Waals surface area contributed by atoms with Gasteiger partial charge in [0.2, 0.25) is 0 Å². The largest absolute Gasteiger partial charge is 0.489 e. The average molecular weight is 671 g/mol. The lowest BCUT2D eigenvalue weighted by molar-refractivity contribution is -0.305. The molecule has 0 amide bonds. The van der Waals surface area contributed by atoms with E-state index in [0.717, 1.165) is 12.0 Å². The van der Waals surface area contributed by atoms with Crippen molar-refractivity contribution in [3.8, 4) is 0 Å². The van der Waals surface area contributed by atoms with Crippen LogP contribution in [0.25, 0.3) is 10.8 Å². The minimum Gasteiger partial charge on any atom is -0.489 e. The van der Waals surface area contributed by atoms with E-state index >= 15 is 0 Å². The molecule has 0 unspecified atom stereocenters. The van der Waals surface area contributed by atoms with E-state index in [1.54, 1.807) is 14.0 Å². The van der Waals surface area contributed by atoms with Crippen LogP contribution < -0.4 is 0 Å². The summed E-state index contributed by atoms with van der Waals surface area (Å²) in [6.45, 7) is 22.2. The van der Waals surface area contributed by atoms with Crippen LogP contribution in [0, 0.1) is 0 Å². The summed E-state index contributed by atoms with van der Waals surface area (Å²) in [5.41, 5.74) is -0.639. The molecule has 1 heterocycles. The highest BCUT2D eigenvalue weighted by molar-refractivity contribution is 6.74. The molecular weight excluding hydrogens is 612 g/mol. The zero-order chi connectivity index (χ0) is 34.9. The van der Waals surface area contributed by atoms with Gasteiger partial charge in [-0.2, -0.15) is 0 Å². The molecule has 3 rings (SSSR count). The van der Waals surface area contributed by atoms with Crippen LogP contribution in [0.2, 0.25) is 18.1 Å². The fraction of sp³-hybridized carbons (Fsp3) is 0.605. The van der Waals surface area contributed by atoms with Gasteiger partial charge in [0.15, 0.2) is 8.32 Å². The number of hydrogen-bond acceptors (Lipinski definition) is 8. The highest BCUT2D eigenvalue weighted by Crippen LogP contribution is 2.45. The molecule has 47 heavy (non-hydrogen) atoms. The third-order valence-corrected chi connectivity index (χ3v) is 14.3. The molecule has 1 aliphatic rings. The Morgan fingerprint density at radius 2 is 1.83 bits per heavy atom. The number of benzene rings is 2. The molecule has 0 radical (unpaired) electrons. The van der Waals surface area contributed by atoms with Gasteiger partial charge in [-0.1, -0.05) is 63.2 Å². The van der Waals surface area contributed by atoms with Gasteiger partial charge in [0.1, 0.15) is 23.8 Å². The predicted octanol–water partition coefficient (Wildman–Crippen LogP) is 8.49. The molecule has 262 valence electrons. The quantitative estimate of drug-likeness (QED) is 0.0315. The van der Waals surface area contributed by atoms with Crippen molar-refractivity contribution in [1.29, 1.82) is 0 Å². The normalized spacial score (nSPS) is 24.6. The van der Waals surface area contributed by atoms with Gasteiger partial charge in [-0.25, -0.2) is 4.79 Å². The molecule has 5 atom stereocenters. The minimum absolute atomic E-state index is 0.0766. The van der Waals surface area contributed by atoms with Gasteiger partial charge in [0.05, 0.1) is 38.1 Å². The van der Waals surface area contributed by atoms with Crippen LogP contribution in [0.4, 0.5) is 0 Å². The van der Waals surface area contributed by atoms with Crippen molar-refractivity contribution in [2.45, 2.75) is 121 Å². The maximum atomic E-state index is 12.1. The van der Waals surface area contributed by atoms with Gasteiger partial charge in [-0.15, -0.1) is 6.58 Å². The van der Waals surface area contributed by atoms with E-state index in [2.05, 4.69) is 77.7 Å².